The molecule has 1 heterocycles. The minimum Gasteiger partial charge on any atom is -0.489 e. The summed E-state index contributed by atoms with van der Waals surface area (Å²) in [6, 6.07) is 11.4. The Kier molecular flexibility index (Phi) is 3.41. The van der Waals surface area contributed by atoms with Crippen LogP contribution in [-0.2, 0) is 6.61 Å². The smallest absolute Gasteiger partial charge is 0.123 e. The Hall–Kier alpha value is -1.55. The largest absolute Gasteiger partial charge is 0.489 e. The van der Waals surface area contributed by atoms with Crippen molar-refractivity contribution >= 4 is 21.7 Å². The van der Waals surface area contributed by atoms with Gasteiger partial charge in [-0.3, -0.25) is 0 Å². The highest BCUT2D eigenvalue weighted by Gasteiger charge is 1.97. The van der Waals surface area contributed by atoms with E-state index in [1.54, 1.807) is 12.3 Å². The Morgan fingerprint density at radius 1 is 1.19 bits per heavy atom. The van der Waals surface area contributed by atoms with E-state index in [1.165, 1.54) is 0 Å². The van der Waals surface area contributed by atoms with Crippen LogP contribution in [0.1, 0.15) is 5.56 Å². The summed E-state index contributed by atoms with van der Waals surface area (Å²) >= 11 is 3.37. The molecule has 0 saturated carbocycles. The Balaban J connectivity index is 1.99. The fraction of sp³-hybridized carbons (Fsp3) is 0.0833. The molecule has 4 heteroatoms. The number of nitrogens with zero attached hydrogens (tertiary/aromatic N) is 1. The number of anilines is 1. The lowest BCUT2D eigenvalue weighted by molar-refractivity contribution is 0.306. The Bertz CT molecular complexity index is 471. The summed E-state index contributed by atoms with van der Waals surface area (Å²) in [6.07, 6.45) is 1.68. The zero-order valence-electron chi connectivity index (χ0n) is 8.56. The van der Waals surface area contributed by atoms with Crippen LogP contribution in [0.4, 0.5) is 5.82 Å². The summed E-state index contributed by atoms with van der Waals surface area (Å²) in [5, 5.41) is 0. The third kappa shape index (κ3) is 2.97. The van der Waals surface area contributed by atoms with E-state index in [0.29, 0.717) is 12.4 Å². The molecule has 0 aliphatic heterocycles. The lowest BCUT2D eigenvalue weighted by Crippen LogP contribution is -1.97. The zero-order chi connectivity index (χ0) is 11.4. The van der Waals surface area contributed by atoms with Gasteiger partial charge in [0.25, 0.3) is 0 Å². The molecule has 2 rings (SSSR count). The third-order valence-electron chi connectivity index (χ3n) is 2.06. The first-order chi connectivity index (χ1) is 7.74. The second kappa shape index (κ2) is 4.99. The van der Waals surface area contributed by atoms with E-state index in [4.69, 9.17) is 10.5 Å². The summed E-state index contributed by atoms with van der Waals surface area (Å²) in [5.74, 6) is 1.34. The second-order valence-corrected chi connectivity index (χ2v) is 4.25. The maximum absolute atomic E-state index is 5.60. The summed E-state index contributed by atoms with van der Waals surface area (Å²) in [4.78, 5) is 3.92. The van der Waals surface area contributed by atoms with Crippen molar-refractivity contribution in [3.63, 3.8) is 0 Å². The minimum absolute atomic E-state index is 0.494. The predicted molar refractivity (Wildman–Crippen MR) is 67.1 cm³/mol. The molecule has 2 N–H and O–H groups in total. The van der Waals surface area contributed by atoms with Gasteiger partial charge in [-0.25, -0.2) is 4.98 Å². The molecule has 2 aromatic rings. The molecule has 0 amide bonds. The van der Waals surface area contributed by atoms with Crippen LogP contribution in [0.25, 0.3) is 0 Å². The van der Waals surface area contributed by atoms with Gasteiger partial charge < -0.3 is 10.5 Å². The molecular weight excluding hydrogens is 268 g/mol. The second-order valence-electron chi connectivity index (χ2n) is 3.33. The van der Waals surface area contributed by atoms with Crippen LogP contribution in [0.5, 0.6) is 5.75 Å². The van der Waals surface area contributed by atoms with Crippen molar-refractivity contribution < 1.29 is 4.74 Å². The molecule has 0 aliphatic rings. The molecule has 0 aliphatic carbocycles. The van der Waals surface area contributed by atoms with Crippen molar-refractivity contribution in [2.24, 2.45) is 0 Å². The van der Waals surface area contributed by atoms with Crippen LogP contribution >= 0.6 is 15.9 Å². The fourth-order valence-electron chi connectivity index (χ4n) is 1.28. The number of rotatable bonds is 3. The molecule has 0 fully saturated rings. The highest BCUT2D eigenvalue weighted by atomic mass is 79.9. The van der Waals surface area contributed by atoms with Gasteiger partial charge in [0.15, 0.2) is 0 Å². The van der Waals surface area contributed by atoms with Crippen LogP contribution in [0.3, 0.4) is 0 Å². The molecule has 0 spiro atoms. The van der Waals surface area contributed by atoms with Crippen molar-refractivity contribution in [2.75, 3.05) is 5.73 Å². The molecule has 0 unspecified atom stereocenters. The number of pyridine rings is 1. The maximum atomic E-state index is 5.60. The summed E-state index contributed by atoms with van der Waals surface area (Å²) in [5.41, 5.74) is 6.58. The molecule has 0 bridgehead atoms. The van der Waals surface area contributed by atoms with Crippen molar-refractivity contribution in [3.05, 3.63) is 52.6 Å². The first-order valence-corrected chi connectivity index (χ1v) is 5.62. The Morgan fingerprint density at radius 2 is 1.94 bits per heavy atom. The highest BCUT2D eigenvalue weighted by Crippen LogP contribution is 2.17. The lowest BCUT2D eigenvalue weighted by atomic mass is 10.3. The van der Waals surface area contributed by atoms with E-state index >= 15 is 0 Å². The summed E-state index contributed by atoms with van der Waals surface area (Å²) < 4.78 is 6.63. The van der Waals surface area contributed by atoms with Crippen molar-refractivity contribution in [2.45, 2.75) is 6.61 Å². The molecule has 1 aromatic heterocycles. The fourth-order valence-corrected chi connectivity index (χ4v) is 1.55. The standard InChI is InChI=1S/C12H11BrN2O/c13-10-1-3-11(4-2-10)16-8-9-5-6-15-12(14)7-9/h1-7H,8H2,(H2,14,15). The highest BCUT2D eigenvalue weighted by molar-refractivity contribution is 9.10. The van der Waals surface area contributed by atoms with Gasteiger partial charge in [0.2, 0.25) is 0 Å². The van der Waals surface area contributed by atoms with Crippen LogP contribution in [0, 0.1) is 0 Å². The molecule has 82 valence electrons. The van der Waals surface area contributed by atoms with Crippen LogP contribution in [0.2, 0.25) is 0 Å². The van der Waals surface area contributed by atoms with Crippen LogP contribution < -0.4 is 10.5 Å². The summed E-state index contributed by atoms with van der Waals surface area (Å²) in [7, 11) is 0. The number of nitrogens with two attached hydrogens (primary N) is 1. The maximum Gasteiger partial charge on any atom is 0.123 e. The van der Waals surface area contributed by atoms with E-state index in [1.807, 2.05) is 30.3 Å². The van der Waals surface area contributed by atoms with Crippen molar-refractivity contribution in [1.29, 1.82) is 0 Å². The van der Waals surface area contributed by atoms with Gasteiger partial charge in [0, 0.05) is 10.7 Å². The van der Waals surface area contributed by atoms with Crippen molar-refractivity contribution in [1.82, 2.24) is 4.98 Å². The molecule has 3 nitrogen and oxygen atoms in total. The number of hydrogen-bond acceptors (Lipinski definition) is 3. The van der Waals surface area contributed by atoms with Gasteiger partial charge in [0.1, 0.15) is 18.2 Å². The van der Waals surface area contributed by atoms with Gasteiger partial charge in [-0.1, -0.05) is 15.9 Å². The van der Waals surface area contributed by atoms with Gasteiger partial charge in [-0.05, 0) is 42.0 Å². The normalized spacial score (nSPS) is 10.1. The van der Waals surface area contributed by atoms with Gasteiger partial charge in [-0.15, -0.1) is 0 Å². The number of nitrogen functional groups attached to an aromatic ring is 1. The zero-order valence-corrected chi connectivity index (χ0v) is 10.1. The average Bonchev–Trinajstić information content (AvgIpc) is 2.28. The number of aromatic nitrogens is 1. The summed E-state index contributed by atoms with van der Waals surface area (Å²) in [6.45, 7) is 0.494. The van der Waals surface area contributed by atoms with E-state index in [9.17, 15) is 0 Å². The predicted octanol–water partition coefficient (Wildman–Crippen LogP) is 3.01. The monoisotopic (exact) mass is 278 g/mol. The number of halogens is 1. The average molecular weight is 279 g/mol. The molecule has 0 atom stereocenters. The Labute approximate surface area is 102 Å². The third-order valence-corrected chi connectivity index (χ3v) is 2.59. The first-order valence-electron chi connectivity index (χ1n) is 4.83. The molecule has 0 radical (unpaired) electrons. The van der Waals surface area contributed by atoms with E-state index in [2.05, 4.69) is 20.9 Å². The van der Waals surface area contributed by atoms with Gasteiger partial charge in [-0.2, -0.15) is 0 Å². The number of ether oxygens (including phenoxy) is 1. The minimum atomic E-state index is 0.494. The van der Waals surface area contributed by atoms with Crippen LogP contribution in [0.15, 0.2) is 47.1 Å². The molecule has 16 heavy (non-hydrogen) atoms. The molecule has 0 saturated heterocycles. The van der Waals surface area contributed by atoms with E-state index in [-0.39, 0.29) is 0 Å². The van der Waals surface area contributed by atoms with Crippen molar-refractivity contribution in [3.8, 4) is 5.75 Å². The number of hydrogen-bond donors (Lipinski definition) is 1. The van der Waals surface area contributed by atoms with Crippen LogP contribution in [-0.4, -0.2) is 4.98 Å². The van der Waals surface area contributed by atoms with E-state index < -0.39 is 0 Å². The topological polar surface area (TPSA) is 48.1 Å². The van der Waals surface area contributed by atoms with E-state index in [0.717, 1.165) is 15.8 Å². The SMILES string of the molecule is Nc1cc(COc2ccc(Br)cc2)ccn1. The van der Waals surface area contributed by atoms with Gasteiger partial charge in [0.05, 0.1) is 0 Å². The lowest BCUT2D eigenvalue weighted by Gasteiger charge is -2.06. The Morgan fingerprint density at radius 3 is 2.62 bits per heavy atom. The molecule has 1 aromatic carbocycles. The van der Waals surface area contributed by atoms with Gasteiger partial charge >= 0.3 is 0 Å². The number of benzene rings is 1. The molecular formula is C12H11BrN2O. The first kappa shape index (κ1) is 11.0. The quantitative estimate of drug-likeness (QED) is 0.939.